The monoisotopic (exact) mass is 607 g/mol. The molecule has 0 saturated carbocycles. The van der Waals surface area contributed by atoms with E-state index in [1.165, 1.54) is 12.1 Å². The third-order valence-electron chi connectivity index (χ3n) is 6.65. The zero-order valence-electron chi connectivity index (χ0n) is 25.1. The molecular formula is C36H33NO8. The number of phenols is 1. The first kappa shape index (κ1) is 30.9. The van der Waals surface area contributed by atoms with Crippen LogP contribution in [-0.2, 0) is 22.6 Å². The third kappa shape index (κ3) is 8.29. The van der Waals surface area contributed by atoms with Crippen LogP contribution in [0.25, 0.3) is 22.3 Å². The van der Waals surface area contributed by atoms with Gasteiger partial charge >= 0.3 is 12.1 Å². The maximum atomic E-state index is 13.5. The maximum Gasteiger partial charge on any atom is 0.408 e. The highest BCUT2D eigenvalue weighted by molar-refractivity contribution is 5.88. The summed E-state index contributed by atoms with van der Waals surface area (Å²) >= 11 is 0. The van der Waals surface area contributed by atoms with E-state index in [4.69, 9.17) is 18.6 Å². The number of phenolic OH excluding ortho intramolecular Hbond substituents is 1. The lowest BCUT2D eigenvalue weighted by Crippen LogP contribution is -2.46. The Morgan fingerprint density at radius 2 is 1.51 bits per heavy atom. The Labute approximate surface area is 260 Å². The number of carbonyl (C=O) groups excluding carboxylic acids is 2. The molecule has 9 nitrogen and oxygen atoms in total. The molecule has 9 heteroatoms. The average Bonchev–Trinajstić information content (AvgIpc) is 3.00. The number of ether oxygens (including phenoxy) is 3. The van der Waals surface area contributed by atoms with Gasteiger partial charge in [-0.05, 0) is 44.0 Å². The molecule has 45 heavy (non-hydrogen) atoms. The standard InChI is InChI=1S/C36H33NO8/c1-36(2,3)45-35(41)37-28(18-23-14-16-26(17-15-23)42-22-24-10-6-4-7-11-24)34(40)43-27-19-29(38)33-30(39)21-31(44-32(33)20-27)25-12-8-5-9-13-25/h4-17,19-21,28,38H,18,22H2,1-3H3,(H,37,41). The molecule has 1 unspecified atom stereocenters. The first-order valence-electron chi connectivity index (χ1n) is 14.4. The second kappa shape index (κ2) is 13.4. The van der Waals surface area contributed by atoms with Gasteiger partial charge < -0.3 is 29.1 Å². The van der Waals surface area contributed by atoms with E-state index in [2.05, 4.69) is 5.32 Å². The lowest BCUT2D eigenvalue weighted by atomic mass is 10.1. The molecule has 0 spiro atoms. The summed E-state index contributed by atoms with van der Waals surface area (Å²) in [6.45, 7) is 5.54. The van der Waals surface area contributed by atoms with Gasteiger partial charge in [0, 0.05) is 30.2 Å². The van der Waals surface area contributed by atoms with Crippen LogP contribution >= 0.6 is 0 Å². The van der Waals surface area contributed by atoms with E-state index in [-0.39, 0.29) is 28.9 Å². The van der Waals surface area contributed by atoms with E-state index in [1.54, 1.807) is 69.3 Å². The maximum absolute atomic E-state index is 13.5. The highest BCUT2D eigenvalue weighted by Crippen LogP contribution is 2.31. The first-order chi connectivity index (χ1) is 21.5. The van der Waals surface area contributed by atoms with Crippen molar-refractivity contribution >= 4 is 23.0 Å². The van der Waals surface area contributed by atoms with Crippen LogP contribution in [0, 0.1) is 0 Å². The summed E-state index contributed by atoms with van der Waals surface area (Å²) in [5.74, 6) is -0.363. The first-order valence-corrected chi connectivity index (χ1v) is 14.4. The normalized spacial score (nSPS) is 11.9. The zero-order valence-corrected chi connectivity index (χ0v) is 25.1. The van der Waals surface area contributed by atoms with E-state index >= 15 is 0 Å². The van der Waals surface area contributed by atoms with Gasteiger partial charge in [0.1, 0.15) is 52.2 Å². The molecule has 0 aliphatic rings. The van der Waals surface area contributed by atoms with Gasteiger partial charge in [0.2, 0.25) is 0 Å². The fourth-order valence-electron chi connectivity index (χ4n) is 4.58. The van der Waals surface area contributed by atoms with Gasteiger partial charge in [-0.1, -0.05) is 72.8 Å². The highest BCUT2D eigenvalue weighted by atomic mass is 16.6. The number of alkyl carbamates (subject to hydrolysis) is 1. The van der Waals surface area contributed by atoms with Gasteiger partial charge in [-0.3, -0.25) is 4.79 Å². The van der Waals surface area contributed by atoms with Gasteiger partial charge in [-0.25, -0.2) is 9.59 Å². The largest absolute Gasteiger partial charge is 0.507 e. The van der Waals surface area contributed by atoms with Crippen molar-refractivity contribution < 1.29 is 33.3 Å². The zero-order chi connectivity index (χ0) is 32.0. The van der Waals surface area contributed by atoms with E-state index in [1.807, 2.05) is 36.4 Å². The topological polar surface area (TPSA) is 124 Å². The average molecular weight is 608 g/mol. The Morgan fingerprint density at radius 3 is 2.18 bits per heavy atom. The van der Waals surface area contributed by atoms with Crippen molar-refractivity contribution in [2.24, 2.45) is 0 Å². The van der Waals surface area contributed by atoms with Crippen molar-refractivity contribution in [1.29, 1.82) is 0 Å². The van der Waals surface area contributed by atoms with Crippen LogP contribution in [0.5, 0.6) is 17.2 Å². The molecule has 1 atom stereocenters. The Bertz CT molecular complexity index is 1840. The number of amides is 1. The van der Waals surface area contributed by atoms with Crippen LogP contribution in [0.15, 0.2) is 112 Å². The lowest BCUT2D eigenvalue weighted by molar-refractivity contribution is -0.136. The molecule has 0 saturated heterocycles. The van der Waals surface area contributed by atoms with Crippen molar-refractivity contribution in [2.75, 3.05) is 0 Å². The van der Waals surface area contributed by atoms with Gasteiger partial charge in [-0.15, -0.1) is 0 Å². The van der Waals surface area contributed by atoms with Crippen LogP contribution < -0.4 is 20.2 Å². The number of hydrogen-bond donors (Lipinski definition) is 2. The van der Waals surface area contributed by atoms with Crippen molar-refractivity contribution in [3.63, 3.8) is 0 Å². The molecule has 1 heterocycles. The van der Waals surface area contributed by atoms with Crippen LogP contribution in [0.3, 0.4) is 0 Å². The highest BCUT2D eigenvalue weighted by Gasteiger charge is 2.27. The summed E-state index contributed by atoms with van der Waals surface area (Å²) in [6.07, 6.45) is -0.726. The van der Waals surface area contributed by atoms with E-state index in [9.17, 15) is 19.5 Å². The molecule has 230 valence electrons. The number of esters is 1. The summed E-state index contributed by atoms with van der Waals surface area (Å²) < 4.78 is 22.8. The number of aromatic hydroxyl groups is 1. The van der Waals surface area contributed by atoms with E-state index in [0.29, 0.717) is 17.9 Å². The second-order valence-corrected chi connectivity index (χ2v) is 11.4. The van der Waals surface area contributed by atoms with Crippen molar-refractivity contribution in [1.82, 2.24) is 5.32 Å². The summed E-state index contributed by atoms with van der Waals surface area (Å²) in [5, 5.41) is 13.2. The summed E-state index contributed by atoms with van der Waals surface area (Å²) in [4.78, 5) is 38.9. The van der Waals surface area contributed by atoms with Crippen LogP contribution in [0.2, 0.25) is 0 Å². The fourth-order valence-corrected chi connectivity index (χ4v) is 4.58. The summed E-state index contributed by atoms with van der Waals surface area (Å²) in [7, 11) is 0. The van der Waals surface area contributed by atoms with Crippen LogP contribution in [-0.4, -0.2) is 28.8 Å². The lowest BCUT2D eigenvalue weighted by Gasteiger charge is -2.23. The Morgan fingerprint density at radius 1 is 0.844 bits per heavy atom. The molecule has 0 aliphatic heterocycles. The number of fused-ring (bicyclic) bond motifs is 1. The molecule has 1 aromatic heterocycles. The Balaban J connectivity index is 1.36. The molecule has 0 bridgehead atoms. The minimum absolute atomic E-state index is 0.0342. The molecule has 0 radical (unpaired) electrons. The van der Waals surface area contributed by atoms with Gasteiger partial charge in [-0.2, -0.15) is 0 Å². The second-order valence-electron chi connectivity index (χ2n) is 11.4. The summed E-state index contributed by atoms with van der Waals surface area (Å²) in [5.41, 5.74) is 1.20. The number of rotatable bonds is 9. The summed E-state index contributed by atoms with van der Waals surface area (Å²) in [6, 6.07) is 28.5. The smallest absolute Gasteiger partial charge is 0.408 e. The van der Waals surface area contributed by atoms with Crippen molar-refractivity contribution in [3.8, 4) is 28.6 Å². The van der Waals surface area contributed by atoms with Crippen LogP contribution in [0.1, 0.15) is 31.9 Å². The van der Waals surface area contributed by atoms with E-state index in [0.717, 1.165) is 17.2 Å². The Hall–Kier alpha value is -5.57. The quantitative estimate of drug-likeness (QED) is 0.139. The minimum atomic E-state index is -1.16. The van der Waals surface area contributed by atoms with Gasteiger partial charge in [0.15, 0.2) is 5.43 Å². The number of hydrogen-bond acceptors (Lipinski definition) is 8. The fraction of sp³-hybridized carbons (Fsp3) is 0.194. The number of carbonyl (C=O) groups is 2. The predicted molar refractivity (Wildman–Crippen MR) is 169 cm³/mol. The van der Waals surface area contributed by atoms with Crippen LogP contribution in [0.4, 0.5) is 4.79 Å². The third-order valence-corrected chi connectivity index (χ3v) is 6.65. The van der Waals surface area contributed by atoms with Gasteiger partial charge in [0.25, 0.3) is 0 Å². The molecule has 4 aromatic carbocycles. The van der Waals surface area contributed by atoms with E-state index < -0.39 is 34.9 Å². The minimum Gasteiger partial charge on any atom is -0.507 e. The predicted octanol–water partition coefficient (Wildman–Crippen LogP) is 6.79. The molecule has 1 amide bonds. The van der Waals surface area contributed by atoms with Crippen molar-refractivity contribution in [2.45, 2.75) is 45.4 Å². The molecule has 5 rings (SSSR count). The Kier molecular flexibility index (Phi) is 9.18. The molecular weight excluding hydrogens is 574 g/mol. The SMILES string of the molecule is CC(C)(C)OC(=O)NC(Cc1ccc(OCc2ccccc2)cc1)C(=O)Oc1cc(O)c2c(=O)cc(-c3ccccc3)oc2c1. The molecule has 0 fully saturated rings. The van der Waals surface area contributed by atoms with Crippen molar-refractivity contribution in [3.05, 3.63) is 124 Å². The molecule has 5 aromatic rings. The number of nitrogens with one attached hydrogen (secondary N) is 1. The number of benzene rings is 4. The van der Waals surface area contributed by atoms with Gasteiger partial charge in [0.05, 0.1) is 0 Å². The molecule has 0 aliphatic carbocycles. The molecule has 2 N–H and O–H groups in total.